The highest BCUT2D eigenvalue weighted by molar-refractivity contribution is 6.36. The number of nitrogens with zero attached hydrogens (tertiary/aromatic N) is 2. The quantitative estimate of drug-likeness (QED) is 0.882. The summed E-state index contributed by atoms with van der Waals surface area (Å²) in [6.07, 6.45) is 1.45. The van der Waals surface area contributed by atoms with Crippen LogP contribution in [0.15, 0.2) is 30.5 Å². The minimum atomic E-state index is -0.172. The van der Waals surface area contributed by atoms with Crippen molar-refractivity contribution in [2.75, 3.05) is 18.9 Å². The first-order valence-electron chi connectivity index (χ1n) is 7.20. The van der Waals surface area contributed by atoms with Gasteiger partial charge in [0.2, 0.25) is 5.91 Å². The number of aryl methyl sites for hydroxylation is 2. The zero-order valence-electron chi connectivity index (χ0n) is 13.4. The second-order valence-electron chi connectivity index (χ2n) is 5.63. The van der Waals surface area contributed by atoms with E-state index in [2.05, 4.69) is 42.3 Å². The topological polar surface area (TPSA) is 45.2 Å². The third kappa shape index (κ3) is 5.20. The number of hydrogen-bond donors (Lipinski definition) is 1. The lowest BCUT2D eigenvalue weighted by Gasteiger charge is -2.18. The van der Waals surface area contributed by atoms with E-state index in [-0.39, 0.29) is 12.5 Å². The molecule has 1 amide bonds. The fourth-order valence-electron chi connectivity index (χ4n) is 2.29. The summed E-state index contributed by atoms with van der Waals surface area (Å²) in [5.41, 5.74) is 3.66. The van der Waals surface area contributed by atoms with E-state index in [1.54, 1.807) is 6.07 Å². The van der Waals surface area contributed by atoms with Crippen LogP contribution in [-0.4, -0.2) is 29.4 Å². The first-order valence-corrected chi connectivity index (χ1v) is 7.96. The van der Waals surface area contributed by atoms with Crippen LogP contribution in [0, 0.1) is 13.8 Å². The number of rotatable bonds is 5. The Kier molecular flexibility index (Phi) is 5.99. The maximum absolute atomic E-state index is 12.1. The van der Waals surface area contributed by atoms with E-state index in [9.17, 15) is 4.79 Å². The average molecular weight is 352 g/mol. The fraction of sp³-hybridized carbons (Fsp3) is 0.294. The van der Waals surface area contributed by atoms with Gasteiger partial charge in [0, 0.05) is 12.7 Å². The summed E-state index contributed by atoms with van der Waals surface area (Å²) in [4.78, 5) is 18.1. The van der Waals surface area contributed by atoms with Gasteiger partial charge in [-0.05, 0) is 38.1 Å². The molecule has 0 atom stereocenters. The van der Waals surface area contributed by atoms with Crippen LogP contribution < -0.4 is 5.32 Å². The van der Waals surface area contributed by atoms with Crippen LogP contribution in [0.3, 0.4) is 0 Å². The highest BCUT2D eigenvalue weighted by Gasteiger charge is 2.11. The monoisotopic (exact) mass is 351 g/mol. The summed E-state index contributed by atoms with van der Waals surface area (Å²) in [6, 6.07) is 7.86. The van der Waals surface area contributed by atoms with Crippen molar-refractivity contribution in [3.8, 4) is 0 Å². The Hall–Kier alpha value is -1.62. The van der Waals surface area contributed by atoms with Gasteiger partial charge in [-0.3, -0.25) is 9.69 Å². The Morgan fingerprint density at radius 2 is 2.00 bits per heavy atom. The van der Waals surface area contributed by atoms with Gasteiger partial charge in [-0.25, -0.2) is 4.98 Å². The standard InChI is InChI=1S/C17H19Cl2N3O/c1-11-4-5-13(12(2)6-11)9-22(3)10-16(23)21-17-15(19)7-14(18)8-20-17/h4-8H,9-10H2,1-3H3,(H,20,21,23). The van der Waals surface area contributed by atoms with E-state index in [4.69, 9.17) is 23.2 Å². The molecule has 4 nitrogen and oxygen atoms in total. The van der Waals surface area contributed by atoms with E-state index in [0.717, 1.165) is 0 Å². The lowest BCUT2D eigenvalue weighted by Crippen LogP contribution is -2.30. The highest BCUT2D eigenvalue weighted by atomic mass is 35.5. The van der Waals surface area contributed by atoms with Gasteiger partial charge >= 0.3 is 0 Å². The molecule has 23 heavy (non-hydrogen) atoms. The Morgan fingerprint density at radius 3 is 2.65 bits per heavy atom. The molecule has 0 spiro atoms. The van der Waals surface area contributed by atoms with Crippen LogP contribution in [0.1, 0.15) is 16.7 Å². The molecule has 1 aromatic carbocycles. The molecule has 0 aliphatic rings. The van der Waals surface area contributed by atoms with Crippen LogP contribution >= 0.6 is 23.2 Å². The predicted octanol–water partition coefficient (Wildman–Crippen LogP) is 4.08. The van der Waals surface area contributed by atoms with Crippen molar-refractivity contribution in [2.24, 2.45) is 0 Å². The summed E-state index contributed by atoms with van der Waals surface area (Å²) in [5.74, 6) is 0.148. The van der Waals surface area contributed by atoms with E-state index in [1.165, 1.54) is 22.9 Å². The summed E-state index contributed by atoms with van der Waals surface area (Å²) in [5, 5.41) is 3.45. The second-order valence-corrected chi connectivity index (χ2v) is 6.48. The summed E-state index contributed by atoms with van der Waals surface area (Å²) in [7, 11) is 1.90. The molecule has 0 fully saturated rings. The molecule has 1 heterocycles. The van der Waals surface area contributed by atoms with Crippen molar-refractivity contribution in [2.45, 2.75) is 20.4 Å². The highest BCUT2D eigenvalue weighted by Crippen LogP contribution is 2.22. The van der Waals surface area contributed by atoms with Crippen LogP contribution in [0.2, 0.25) is 10.0 Å². The van der Waals surface area contributed by atoms with Gasteiger partial charge in [0.05, 0.1) is 16.6 Å². The zero-order chi connectivity index (χ0) is 17.0. The van der Waals surface area contributed by atoms with Gasteiger partial charge in [-0.2, -0.15) is 0 Å². The number of hydrogen-bond acceptors (Lipinski definition) is 3. The van der Waals surface area contributed by atoms with Crippen molar-refractivity contribution in [1.82, 2.24) is 9.88 Å². The van der Waals surface area contributed by atoms with Crippen LogP contribution in [0.25, 0.3) is 0 Å². The number of pyridine rings is 1. The minimum Gasteiger partial charge on any atom is -0.308 e. The summed E-state index contributed by atoms with van der Waals surface area (Å²) < 4.78 is 0. The molecule has 0 bridgehead atoms. The third-order valence-electron chi connectivity index (χ3n) is 3.42. The lowest BCUT2D eigenvalue weighted by atomic mass is 10.1. The van der Waals surface area contributed by atoms with Gasteiger partial charge in [0.15, 0.2) is 5.82 Å². The SMILES string of the molecule is Cc1ccc(CN(C)CC(=O)Nc2ncc(Cl)cc2Cl)c(C)c1. The van der Waals surface area contributed by atoms with Crippen molar-refractivity contribution in [3.63, 3.8) is 0 Å². The van der Waals surface area contributed by atoms with Crippen LogP contribution in [0.5, 0.6) is 0 Å². The Balaban J connectivity index is 1.94. The molecular weight excluding hydrogens is 333 g/mol. The van der Waals surface area contributed by atoms with Gasteiger partial charge in [0.1, 0.15) is 0 Å². The fourth-order valence-corrected chi connectivity index (χ4v) is 2.72. The van der Waals surface area contributed by atoms with E-state index in [1.807, 2.05) is 11.9 Å². The number of aromatic nitrogens is 1. The average Bonchev–Trinajstić information content (AvgIpc) is 2.45. The first kappa shape index (κ1) is 17.7. The van der Waals surface area contributed by atoms with Crippen LogP contribution in [-0.2, 0) is 11.3 Å². The molecule has 0 saturated carbocycles. The Labute approximate surface area is 146 Å². The molecule has 0 radical (unpaired) electrons. The number of carbonyl (C=O) groups excluding carboxylic acids is 1. The number of nitrogens with one attached hydrogen (secondary N) is 1. The number of anilines is 1. The van der Waals surface area contributed by atoms with Crippen molar-refractivity contribution in [3.05, 3.63) is 57.2 Å². The largest absolute Gasteiger partial charge is 0.308 e. The Bertz CT molecular complexity index is 719. The summed E-state index contributed by atoms with van der Waals surface area (Å²) >= 11 is 11.8. The van der Waals surface area contributed by atoms with Crippen molar-refractivity contribution < 1.29 is 4.79 Å². The first-order chi connectivity index (χ1) is 10.8. The molecule has 1 N–H and O–H groups in total. The van der Waals surface area contributed by atoms with Gasteiger partial charge in [-0.1, -0.05) is 47.0 Å². The van der Waals surface area contributed by atoms with E-state index < -0.39 is 0 Å². The van der Waals surface area contributed by atoms with E-state index in [0.29, 0.717) is 22.4 Å². The second kappa shape index (κ2) is 7.77. The lowest BCUT2D eigenvalue weighted by molar-refractivity contribution is -0.117. The smallest absolute Gasteiger partial charge is 0.239 e. The van der Waals surface area contributed by atoms with Gasteiger partial charge in [0.25, 0.3) is 0 Å². The molecule has 122 valence electrons. The maximum Gasteiger partial charge on any atom is 0.239 e. The predicted molar refractivity (Wildman–Crippen MR) is 95.1 cm³/mol. The molecule has 0 saturated heterocycles. The number of halogens is 2. The molecular formula is C17H19Cl2N3O. The van der Waals surface area contributed by atoms with E-state index >= 15 is 0 Å². The number of carbonyl (C=O) groups is 1. The van der Waals surface area contributed by atoms with Gasteiger partial charge in [-0.15, -0.1) is 0 Å². The number of likely N-dealkylation sites (N-methyl/N-ethyl adjacent to an activating group) is 1. The maximum atomic E-state index is 12.1. The van der Waals surface area contributed by atoms with Crippen molar-refractivity contribution >= 4 is 34.9 Å². The number of amides is 1. The molecule has 0 unspecified atom stereocenters. The molecule has 2 aromatic rings. The molecule has 2 rings (SSSR count). The van der Waals surface area contributed by atoms with Crippen LogP contribution in [0.4, 0.5) is 5.82 Å². The van der Waals surface area contributed by atoms with Crippen molar-refractivity contribution in [1.29, 1.82) is 0 Å². The number of benzene rings is 1. The molecule has 1 aromatic heterocycles. The summed E-state index contributed by atoms with van der Waals surface area (Å²) in [6.45, 7) is 5.08. The normalized spacial score (nSPS) is 10.9. The zero-order valence-corrected chi connectivity index (χ0v) is 14.9. The molecule has 6 heteroatoms. The molecule has 0 aliphatic heterocycles. The van der Waals surface area contributed by atoms with Gasteiger partial charge < -0.3 is 5.32 Å². The molecule has 0 aliphatic carbocycles. The third-order valence-corrected chi connectivity index (χ3v) is 3.91. The minimum absolute atomic E-state index is 0.172. The Morgan fingerprint density at radius 1 is 1.26 bits per heavy atom.